The largest absolute Gasteiger partial charge is 0.350 e. The van der Waals surface area contributed by atoms with Gasteiger partial charge in [-0.3, -0.25) is 4.79 Å². The molecule has 1 unspecified atom stereocenters. The molecule has 0 saturated carbocycles. The monoisotopic (exact) mass is 251 g/mol. The zero-order valence-corrected chi connectivity index (χ0v) is 10.4. The summed E-state index contributed by atoms with van der Waals surface area (Å²) in [5.74, 6) is -0.841. The number of halogens is 1. The summed E-state index contributed by atoms with van der Waals surface area (Å²) in [7, 11) is 2.05. The van der Waals surface area contributed by atoms with E-state index < -0.39 is 5.82 Å². The quantitative estimate of drug-likeness (QED) is 0.820. The first kappa shape index (κ1) is 13.0. The van der Waals surface area contributed by atoms with Crippen molar-refractivity contribution in [3.05, 3.63) is 35.6 Å². The molecule has 1 aliphatic heterocycles. The standard InChI is InChI=1S/C13H18FN3O/c1-17-7-6-15-10(9-17)8-16-13(18)11-4-2-3-5-12(11)14/h2-5,10,15H,6-9H2,1H3,(H,16,18). The lowest BCUT2D eigenvalue weighted by Crippen LogP contribution is -2.53. The highest BCUT2D eigenvalue weighted by molar-refractivity contribution is 5.94. The molecule has 2 N–H and O–H groups in total. The van der Waals surface area contributed by atoms with Gasteiger partial charge in [0.15, 0.2) is 0 Å². The second kappa shape index (κ2) is 5.93. The van der Waals surface area contributed by atoms with Crippen LogP contribution in [0.1, 0.15) is 10.4 Å². The Hall–Kier alpha value is -1.46. The first-order valence-corrected chi connectivity index (χ1v) is 6.11. The first-order valence-electron chi connectivity index (χ1n) is 6.11. The van der Waals surface area contributed by atoms with Gasteiger partial charge in [-0.25, -0.2) is 4.39 Å². The molecule has 1 atom stereocenters. The van der Waals surface area contributed by atoms with Gasteiger partial charge in [-0.1, -0.05) is 12.1 Å². The van der Waals surface area contributed by atoms with Crippen molar-refractivity contribution in [1.29, 1.82) is 0 Å². The van der Waals surface area contributed by atoms with Gasteiger partial charge < -0.3 is 15.5 Å². The molecule has 1 fully saturated rings. The molecule has 1 saturated heterocycles. The summed E-state index contributed by atoms with van der Waals surface area (Å²) in [5.41, 5.74) is 0.0988. The van der Waals surface area contributed by atoms with E-state index in [4.69, 9.17) is 0 Å². The molecule has 1 aliphatic rings. The maximum absolute atomic E-state index is 13.4. The number of carbonyl (C=O) groups is 1. The van der Waals surface area contributed by atoms with Crippen LogP contribution in [0.3, 0.4) is 0 Å². The van der Waals surface area contributed by atoms with Crippen LogP contribution >= 0.6 is 0 Å². The van der Waals surface area contributed by atoms with E-state index in [1.165, 1.54) is 12.1 Å². The fourth-order valence-corrected chi connectivity index (χ4v) is 2.08. The number of piperazine rings is 1. The number of hydrogen-bond acceptors (Lipinski definition) is 3. The fraction of sp³-hybridized carbons (Fsp3) is 0.462. The molecule has 98 valence electrons. The van der Waals surface area contributed by atoms with Crippen molar-refractivity contribution < 1.29 is 9.18 Å². The van der Waals surface area contributed by atoms with Gasteiger partial charge in [-0.2, -0.15) is 0 Å². The zero-order valence-electron chi connectivity index (χ0n) is 10.4. The minimum Gasteiger partial charge on any atom is -0.350 e. The number of nitrogens with zero attached hydrogens (tertiary/aromatic N) is 1. The number of hydrogen-bond donors (Lipinski definition) is 2. The molecule has 1 heterocycles. The Morgan fingerprint density at radius 1 is 1.56 bits per heavy atom. The Balaban J connectivity index is 1.87. The highest BCUT2D eigenvalue weighted by Gasteiger charge is 2.18. The van der Waals surface area contributed by atoms with Crippen molar-refractivity contribution >= 4 is 5.91 Å². The number of amides is 1. The SMILES string of the molecule is CN1CCNC(CNC(=O)c2ccccc2F)C1. The maximum atomic E-state index is 13.4. The van der Waals surface area contributed by atoms with E-state index in [1.54, 1.807) is 12.1 Å². The van der Waals surface area contributed by atoms with Gasteiger partial charge in [0.1, 0.15) is 5.82 Å². The Kier molecular flexibility index (Phi) is 4.28. The Morgan fingerprint density at radius 3 is 3.06 bits per heavy atom. The van der Waals surface area contributed by atoms with Gasteiger partial charge in [0.2, 0.25) is 0 Å². The number of nitrogens with one attached hydrogen (secondary N) is 2. The summed E-state index contributed by atoms with van der Waals surface area (Å²) in [4.78, 5) is 14.0. The third-order valence-corrected chi connectivity index (χ3v) is 3.09. The zero-order chi connectivity index (χ0) is 13.0. The van der Waals surface area contributed by atoms with Crippen molar-refractivity contribution in [2.24, 2.45) is 0 Å². The van der Waals surface area contributed by atoms with Crippen LogP contribution in [0.25, 0.3) is 0 Å². The van der Waals surface area contributed by atoms with Gasteiger partial charge in [-0.05, 0) is 19.2 Å². The summed E-state index contributed by atoms with van der Waals surface area (Å²) in [6.45, 7) is 3.32. The van der Waals surface area contributed by atoms with Gasteiger partial charge >= 0.3 is 0 Å². The normalized spacial score (nSPS) is 20.7. The third-order valence-electron chi connectivity index (χ3n) is 3.09. The van der Waals surface area contributed by atoms with E-state index in [2.05, 4.69) is 15.5 Å². The van der Waals surface area contributed by atoms with E-state index in [9.17, 15) is 9.18 Å². The van der Waals surface area contributed by atoms with E-state index in [0.29, 0.717) is 6.54 Å². The lowest BCUT2D eigenvalue weighted by atomic mass is 10.2. The van der Waals surface area contributed by atoms with Crippen LogP contribution in [0.5, 0.6) is 0 Å². The summed E-state index contributed by atoms with van der Waals surface area (Å²) in [5, 5.41) is 6.08. The molecule has 0 aromatic heterocycles. The van der Waals surface area contributed by atoms with Crippen molar-refractivity contribution in [2.45, 2.75) is 6.04 Å². The van der Waals surface area contributed by atoms with Crippen molar-refractivity contribution in [3.63, 3.8) is 0 Å². The molecule has 18 heavy (non-hydrogen) atoms. The highest BCUT2D eigenvalue weighted by atomic mass is 19.1. The highest BCUT2D eigenvalue weighted by Crippen LogP contribution is 2.05. The average Bonchev–Trinajstić information content (AvgIpc) is 2.37. The molecule has 1 aromatic rings. The second-order valence-corrected chi connectivity index (χ2v) is 4.60. The molecular formula is C13H18FN3O. The van der Waals surface area contributed by atoms with Crippen LogP contribution < -0.4 is 10.6 Å². The number of benzene rings is 1. The molecular weight excluding hydrogens is 233 g/mol. The lowest BCUT2D eigenvalue weighted by Gasteiger charge is -2.30. The lowest BCUT2D eigenvalue weighted by molar-refractivity contribution is 0.0940. The summed E-state index contributed by atoms with van der Waals surface area (Å²) < 4.78 is 13.4. The van der Waals surface area contributed by atoms with Crippen molar-refractivity contribution in [2.75, 3.05) is 33.2 Å². The van der Waals surface area contributed by atoms with Crippen LogP contribution in [0.2, 0.25) is 0 Å². The van der Waals surface area contributed by atoms with Crippen LogP contribution in [-0.4, -0.2) is 50.1 Å². The van der Waals surface area contributed by atoms with Crippen molar-refractivity contribution in [3.8, 4) is 0 Å². The van der Waals surface area contributed by atoms with E-state index >= 15 is 0 Å². The average molecular weight is 251 g/mol. The molecule has 1 amide bonds. The molecule has 0 radical (unpaired) electrons. The van der Waals surface area contributed by atoms with Gasteiger partial charge in [0.25, 0.3) is 5.91 Å². The third kappa shape index (κ3) is 3.27. The van der Waals surface area contributed by atoms with Gasteiger partial charge in [0.05, 0.1) is 5.56 Å². The summed E-state index contributed by atoms with van der Waals surface area (Å²) in [6, 6.07) is 6.24. The Morgan fingerprint density at radius 2 is 2.33 bits per heavy atom. The molecule has 2 rings (SSSR count). The fourth-order valence-electron chi connectivity index (χ4n) is 2.08. The maximum Gasteiger partial charge on any atom is 0.254 e. The minimum atomic E-state index is -0.483. The predicted octanol–water partition coefficient (Wildman–Crippen LogP) is 0.459. The van der Waals surface area contributed by atoms with Crippen molar-refractivity contribution in [1.82, 2.24) is 15.5 Å². The Bertz CT molecular complexity index is 424. The van der Waals surface area contributed by atoms with Crippen LogP contribution in [0.4, 0.5) is 4.39 Å². The summed E-state index contributed by atoms with van der Waals surface area (Å²) in [6.07, 6.45) is 0. The Labute approximate surface area is 106 Å². The number of likely N-dealkylation sites (N-methyl/N-ethyl adjacent to an activating group) is 1. The summed E-state index contributed by atoms with van der Waals surface area (Å²) >= 11 is 0. The smallest absolute Gasteiger partial charge is 0.254 e. The van der Waals surface area contributed by atoms with Gasteiger partial charge in [-0.15, -0.1) is 0 Å². The van der Waals surface area contributed by atoms with E-state index in [0.717, 1.165) is 19.6 Å². The molecule has 0 aliphatic carbocycles. The second-order valence-electron chi connectivity index (χ2n) is 4.60. The van der Waals surface area contributed by atoms with E-state index in [1.807, 2.05) is 7.05 Å². The molecule has 1 aromatic carbocycles. The molecule has 0 bridgehead atoms. The van der Waals surface area contributed by atoms with E-state index in [-0.39, 0.29) is 17.5 Å². The predicted molar refractivity (Wildman–Crippen MR) is 68.0 cm³/mol. The number of carbonyl (C=O) groups excluding carboxylic acids is 1. The topological polar surface area (TPSA) is 44.4 Å². The minimum absolute atomic E-state index is 0.0988. The molecule has 5 heteroatoms. The van der Waals surface area contributed by atoms with Crippen LogP contribution in [0, 0.1) is 5.82 Å². The van der Waals surface area contributed by atoms with Gasteiger partial charge in [0, 0.05) is 32.2 Å². The first-order chi connectivity index (χ1) is 8.66. The number of rotatable bonds is 3. The van der Waals surface area contributed by atoms with Crippen LogP contribution in [0.15, 0.2) is 24.3 Å². The molecule has 4 nitrogen and oxygen atoms in total. The molecule has 0 spiro atoms. The van der Waals surface area contributed by atoms with Crippen LogP contribution in [-0.2, 0) is 0 Å².